The van der Waals surface area contributed by atoms with Gasteiger partial charge in [-0.1, -0.05) is 12.1 Å². The molecule has 1 aliphatic heterocycles. The number of hydrogen-bond donors (Lipinski definition) is 0. The topological polar surface area (TPSA) is 29.5 Å². The summed E-state index contributed by atoms with van der Waals surface area (Å²) in [6.07, 6.45) is 6.29. The summed E-state index contributed by atoms with van der Waals surface area (Å²) in [5.74, 6) is 1.22. The molecular weight excluding hydrogens is 250 g/mol. The molecule has 1 atom stereocenters. The molecule has 0 bridgehead atoms. The molecule has 0 radical (unpaired) electrons. The monoisotopic (exact) mass is 273 g/mol. The minimum Gasteiger partial charge on any atom is -0.490 e. The van der Waals surface area contributed by atoms with E-state index in [0.29, 0.717) is 12.5 Å². The minimum atomic E-state index is 0.275. The average molecular weight is 273 g/mol. The number of fused-ring (bicyclic) bond motifs is 1. The number of nitrogens with zero attached hydrogens (tertiary/aromatic N) is 1. The van der Waals surface area contributed by atoms with E-state index in [9.17, 15) is 4.79 Å². The lowest BCUT2D eigenvalue weighted by atomic mass is 9.90. The Balaban J connectivity index is 1.77. The second-order valence-corrected chi connectivity index (χ2v) is 6.03. The second-order valence-electron chi connectivity index (χ2n) is 6.03. The van der Waals surface area contributed by atoms with Gasteiger partial charge in [0.05, 0.1) is 6.10 Å². The van der Waals surface area contributed by atoms with Crippen LogP contribution in [0.5, 0.6) is 5.75 Å². The van der Waals surface area contributed by atoms with Gasteiger partial charge in [-0.2, -0.15) is 0 Å². The fraction of sp³-hybridized carbons (Fsp3) is 0.588. The number of hydrogen-bond acceptors (Lipinski definition) is 3. The molecule has 1 aromatic rings. The van der Waals surface area contributed by atoms with E-state index in [1.165, 1.54) is 6.42 Å². The Morgan fingerprint density at radius 3 is 2.95 bits per heavy atom. The molecule has 3 rings (SSSR count). The molecule has 0 amide bonds. The summed E-state index contributed by atoms with van der Waals surface area (Å²) in [6, 6.07) is 5.94. The van der Waals surface area contributed by atoms with Crippen LogP contribution in [-0.4, -0.2) is 36.9 Å². The lowest BCUT2D eigenvalue weighted by molar-refractivity contribution is 0.0970. The molecule has 1 saturated heterocycles. The largest absolute Gasteiger partial charge is 0.490 e. The van der Waals surface area contributed by atoms with Gasteiger partial charge in [-0.05, 0) is 51.8 Å². The summed E-state index contributed by atoms with van der Waals surface area (Å²) in [5, 5.41) is 0. The van der Waals surface area contributed by atoms with E-state index in [-0.39, 0.29) is 5.78 Å². The first-order valence-corrected chi connectivity index (χ1v) is 7.74. The highest BCUT2D eigenvalue weighted by atomic mass is 16.5. The highest BCUT2D eigenvalue weighted by Gasteiger charge is 2.22. The Labute approximate surface area is 120 Å². The summed E-state index contributed by atoms with van der Waals surface area (Å²) in [6.45, 7) is 2.25. The third-order valence-electron chi connectivity index (χ3n) is 4.46. The van der Waals surface area contributed by atoms with Crippen LogP contribution in [0, 0.1) is 0 Å². The van der Waals surface area contributed by atoms with Crippen LogP contribution >= 0.6 is 0 Å². The number of likely N-dealkylation sites (tertiary alicyclic amines) is 1. The van der Waals surface area contributed by atoms with Crippen LogP contribution < -0.4 is 4.74 Å². The van der Waals surface area contributed by atoms with Gasteiger partial charge in [0.25, 0.3) is 0 Å². The van der Waals surface area contributed by atoms with Crippen LogP contribution in [-0.2, 0) is 6.42 Å². The number of ketones is 1. The Kier molecular flexibility index (Phi) is 4.06. The van der Waals surface area contributed by atoms with E-state index < -0.39 is 0 Å². The van der Waals surface area contributed by atoms with Gasteiger partial charge in [0.1, 0.15) is 5.75 Å². The van der Waals surface area contributed by atoms with Crippen molar-refractivity contribution in [1.82, 2.24) is 4.90 Å². The molecule has 0 aromatic heterocycles. The molecule has 1 aromatic carbocycles. The van der Waals surface area contributed by atoms with Gasteiger partial charge in [-0.3, -0.25) is 4.79 Å². The first-order valence-electron chi connectivity index (χ1n) is 7.74. The van der Waals surface area contributed by atoms with Gasteiger partial charge < -0.3 is 9.64 Å². The highest BCUT2D eigenvalue weighted by Crippen LogP contribution is 2.31. The maximum Gasteiger partial charge on any atom is 0.163 e. The van der Waals surface area contributed by atoms with Crippen molar-refractivity contribution in [3.63, 3.8) is 0 Å². The van der Waals surface area contributed by atoms with Crippen LogP contribution in [0.4, 0.5) is 0 Å². The first kappa shape index (κ1) is 13.6. The zero-order chi connectivity index (χ0) is 13.9. The number of benzene rings is 1. The number of rotatable bonds is 2. The van der Waals surface area contributed by atoms with Crippen LogP contribution in [0.2, 0.25) is 0 Å². The van der Waals surface area contributed by atoms with Crippen molar-refractivity contribution in [2.75, 3.05) is 20.1 Å². The van der Waals surface area contributed by atoms with Crippen LogP contribution in [0.15, 0.2) is 18.2 Å². The van der Waals surface area contributed by atoms with Crippen molar-refractivity contribution in [1.29, 1.82) is 0 Å². The zero-order valence-corrected chi connectivity index (χ0v) is 12.2. The Morgan fingerprint density at radius 1 is 1.15 bits per heavy atom. The van der Waals surface area contributed by atoms with Crippen LogP contribution in [0.1, 0.15) is 48.0 Å². The van der Waals surface area contributed by atoms with E-state index in [1.807, 2.05) is 18.2 Å². The maximum absolute atomic E-state index is 12.0. The third-order valence-corrected chi connectivity index (χ3v) is 4.46. The van der Waals surface area contributed by atoms with Crippen molar-refractivity contribution in [3.05, 3.63) is 29.3 Å². The molecule has 3 nitrogen and oxygen atoms in total. The summed E-state index contributed by atoms with van der Waals surface area (Å²) < 4.78 is 6.25. The van der Waals surface area contributed by atoms with Gasteiger partial charge in [0, 0.05) is 24.1 Å². The average Bonchev–Trinajstić information content (AvgIpc) is 2.65. The van der Waals surface area contributed by atoms with Crippen molar-refractivity contribution in [3.8, 4) is 5.75 Å². The van der Waals surface area contributed by atoms with Gasteiger partial charge in [-0.25, -0.2) is 0 Å². The number of ether oxygens (including phenoxy) is 1. The lowest BCUT2D eigenvalue weighted by Crippen LogP contribution is -2.22. The Bertz CT molecular complexity index is 498. The predicted molar refractivity (Wildman–Crippen MR) is 79.5 cm³/mol. The number of Topliss-reactive ketones (excluding diaryl/α,β-unsaturated/α-hetero) is 1. The van der Waals surface area contributed by atoms with E-state index in [1.54, 1.807) is 0 Å². The van der Waals surface area contributed by atoms with Crippen molar-refractivity contribution < 1.29 is 9.53 Å². The summed E-state index contributed by atoms with van der Waals surface area (Å²) in [4.78, 5) is 14.3. The molecule has 1 unspecified atom stereocenters. The van der Waals surface area contributed by atoms with Crippen LogP contribution in [0.3, 0.4) is 0 Å². The van der Waals surface area contributed by atoms with E-state index >= 15 is 0 Å². The Morgan fingerprint density at radius 2 is 2.05 bits per heavy atom. The number of carbonyl (C=O) groups is 1. The van der Waals surface area contributed by atoms with Gasteiger partial charge in [-0.15, -0.1) is 0 Å². The molecule has 0 spiro atoms. The second kappa shape index (κ2) is 5.96. The SMILES string of the molecule is CN1CCCC(Oc2cccc3c2CCCC3=O)CC1. The normalized spacial score (nSPS) is 24.1. The van der Waals surface area contributed by atoms with E-state index in [2.05, 4.69) is 11.9 Å². The maximum atomic E-state index is 12.0. The van der Waals surface area contributed by atoms with Crippen molar-refractivity contribution in [2.24, 2.45) is 0 Å². The highest BCUT2D eigenvalue weighted by molar-refractivity contribution is 5.99. The summed E-state index contributed by atoms with van der Waals surface area (Å²) >= 11 is 0. The van der Waals surface area contributed by atoms with Crippen LogP contribution in [0.25, 0.3) is 0 Å². The fourth-order valence-corrected chi connectivity index (χ4v) is 3.26. The molecule has 20 heavy (non-hydrogen) atoms. The van der Waals surface area contributed by atoms with Gasteiger partial charge >= 0.3 is 0 Å². The van der Waals surface area contributed by atoms with E-state index in [0.717, 1.165) is 55.6 Å². The fourth-order valence-electron chi connectivity index (χ4n) is 3.26. The third kappa shape index (κ3) is 2.88. The quantitative estimate of drug-likeness (QED) is 0.829. The van der Waals surface area contributed by atoms with Gasteiger partial charge in [0.15, 0.2) is 5.78 Å². The Hall–Kier alpha value is -1.35. The molecule has 2 aliphatic rings. The molecule has 3 heteroatoms. The molecular formula is C17H23NO2. The zero-order valence-electron chi connectivity index (χ0n) is 12.2. The minimum absolute atomic E-state index is 0.275. The summed E-state index contributed by atoms with van der Waals surface area (Å²) in [5.41, 5.74) is 2.03. The van der Waals surface area contributed by atoms with Crippen molar-refractivity contribution in [2.45, 2.75) is 44.6 Å². The first-order chi connectivity index (χ1) is 9.74. The van der Waals surface area contributed by atoms with Gasteiger partial charge in [0.2, 0.25) is 0 Å². The van der Waals surface area contributed by atoms with E-state index in [4.69, 9.17) is 4.74 Å². The lowest BCUT2D eigenvalue weighted by Gasteiger charge is -2.23. The smallest absolute Gasteiger partial charge is 0.163 e. The number of carbonyl (C=O) groups excluding carboxylic acids is 1. The molecule has 1 aliphatic carbocycles. The molecule has 1 heterocycles. The molecule has 108 valence electrons. The molecule has 0 saturated carbocycles. The predicted octanol–water partition coefficient (Wildman–Crippen LogP) is 3.07. The molecule has 0 N–H and O–H groups in total. The molecule has 1 fully saturated rings. The standard InChI is InChI=1S/C17H23NO2/c1-18-11-4-5-13(10-12-18)20-17-9-3-6-14-15(17)7-2-8-16(14)19/h3,6,9,13H,2,4-5,7-8,10-12H2,1H3. The summed E-state index contributed by atoms with van der Waals surface area (Å²) in [7, 11) is 2.17. The van der Waals surface area contributed by atoms with Crippen molar-refractivity contribution >= 4 is 5.78 Å².